The van der Waals surface area contributed by atoms with Crippen molar-refractivity contribution in [3.8, 4) is 11.8 Å². The van der Waals surface area contributed by atoms with Gasteiger partial charge in [-0.25, -0.2) is 0 Å². The molecule has 0 fully saturated rings. The minimum absolute atomic E-state index is 0.604. The molecule has 3 heteroatoms. The van der Waals surface area contributed by atoms with Gasteiger partial charge in [-0.05, 0) is 24.1 Å². The Kier molecular flexibility index (Phi) is 4.41. The summed E-state index contributed by atoms with van der Waals surface area (Å²) >= 11 is 0. The number of nitrogens with one attached hydrogen (secondary N) is 1. The van der Waals surface area contributed by atoms with Crippen LogP contribution >= 0.6 is 0 Å². The SMILES string of the molecule is COc1cccc(C#N)c1NCCc1ccccc1. The maximum atomic E-state index is 9.11. The molecule has 0 unspecified atom stereocenters. The molecule has 0 aliphatic rings. The Morgan fingerprint density at radius 3 is 2.58 bits per heavy atom. The lowest BCUT2D eigenvalue weighted by molar-refractivity contribution is 0.416. The number of rotatable bonds is 5. The molecule has 0 aromatic heterocycles. The molecule has 0 aliphatic carbocycles. The molecule has 96 valence electrons. The minimum atomic E-state index is 0.604. The summed E-state index contributed by atoms with van der Waals surface area (Å²) in [6, 6.07) is 17.9. The second-order valence-corrected chi connectivity index (χ2v) is 4.16. The van der Waals surface area contributed by atoms with E-state index in [4.69, 9.17) is 10.00 Å². The summed E-state index contributed by atoms with van der Waals surface area (Å²) in [5.74, 6) is 0.701. The van der Waals surface area contributed by atoms with Gasteiger partial charge in [0.25, 0.3) is 0 Å². The van der Waals surface area contributed by atoms with E-state index in [0.717, 1.165) is 18.7 Å². The van der Waals surface area contributed by atoms with E-state index in [9.17, 15) is 0 Å². The Balaban J connectivity index is 2.05. The van der Waals surface area contributed by atoms with E-state index >= 15 is 0 Å². The van der Waals surface area contributed by atoms with Gasteiger partial charge in [0.05, 0.1) is 18.4 Å². The molecule has 0 heterocycles. The van der Waals surface area contributed by atoms with Crippen molar-refractivity contribution in [1.82, 2.24) is 0 Å². The van der Waals surface area contributed by atoms with Crippen LogP contribution in [0.2, 0.25) is 0 Å². The van der Waals surface area contributed by atoms with E-state index in [1.807, 2.05) is 30.3 Å². The fraction of sp³-hybridized carbons (Fsp3) is 0.188. The van der Waals surface area contributed by atoms with Crippen molar-refractivity contribution >= 4 is 5.69 Å². The van der Waals surface area contributed by atoms with Crippen LogP contribution < -0.4 is 10.1 Å². The van der Waals surface area contributed by atoms with E-state index in [2.05, 4.69) is 23.5 Å². The Morgan fingerprint density at radius 1 is 1.11 bits per heavy atom. The Hall–Kier alpha value is -2.47. The van der Waals surface area contributed by atoms with Gasteiger partial charge in [0, 0.05) is 6.54 Å². The lowest BCUT2D eigenvalue weighted by atomic mass is 10.1. The highest BCUT2D eigenvalue weighted by molar-refractivity contribution is 5.66. The normalized spacial score (nSPS) is 9.68. The molecular formula is C16H16N2O. The fourth-order valence-corrected chi connectivity index (χ4v) is 1.95. The van der Waals surface area contributed by atoms with Gasteiger partial charge in [-0.2, -0.15) is 5.26 Å². The second kappa shape index (κ2) is 6.46. The first-order valence-electron chi connectivity index (χ1n) is 6.20. The van der Waals surface area contributed by atoms with Crippen LogP contribution in [0.4, 0.5) is 5.69 Å². The summed E-state index contributed by atoms with van der Waals surface area (Å²) in [6.45, 7) is 0.763. The van der Waals surface area contributed by atoms with Gasteiger partial charge in [0.2, 0.25) is 0 Å². The highest BCUT2D eigenvalue weighted by atomic mass is 16.5. The first kappa shape index (κ1) is 13.0. The summed E-state index contributed by atoms with van der Waals surface area (Å²) < 4.78 is 5.28. The van der Waals surface area contributed by atoms with Crippen molar-refractivity contribution in [2.45, 2.75) is 6.42 Å². The van der Waals surface area contributed by atoms with E-state index in [1.165, 1.54) is 5.56 Å². The zero-order valence-electron chi connectivity index (χ0n) is 10.9. The number of hydrogen-bond acceptors (Lipinski definition) is 3. The zero-order chi connectivity index (χ0) is 13.5. The van der Waals surface area contributed by atoms with Crippen molar-refractivity contribution in [3.63, 3.8) is 0 Å². The van der Waals surface area contributed by atoms with Crippen LogP contribution in [0.1, 0.15) is 11.1 Å². The monoisotopic (exact) mass is 252 g/mol. The van der Waals surface area contributed by atoms with Gasteiger partial charge >= 0.3 is 0 Å². The van der Waals surface area contributed by atoms with Crippen LogP contribution in [0.5, 0.6) is 5.75 Å². The number of nitriles is 1. The third kappa shape index (κ3) is 3.26. The molecule has 3 nitrogen and oxygen atoms in total. The molecule has 2 aromatic rings. The third-order valence-corrected chi connectivity index (χ3v) is 2.92. The number of para-hydroxylation sites is 1. The van der Waals surface area contributed by atoms with Crippen LogP contribution in [-0.4, -0.2) is 13.7 Å². The zero-order valence-corrected chi connectivity index (χ0v) is 10.9. The van der Waals surface area contributed by atoms with Crippen LogP contribution in [0.3, 0.4) is 0 Å². The summed E-state index contributed by atoms with van der Waals surface area (Å²) in [6.07, 6.45) is 0.907. The van der Waals surface area contributed by atoms with Crippen molar-refractivity contribution in [2.24, 2.45) is 0 Å². The minimum Gasteiger partial charge on any atom is -0.495 e. The smallest absolute Gasteiger partial charge is 0.143 e. The highest BCUT2D eigenvalue weighted by Crippen LogP contribution is 2.27. The first-order valence-corrected chi connectivity index (χ1v) is 6.20. The van der Waals surface area contributed by atoms with E-state index in [0.29, 0.717) is 11.3 Å². The topological polar surface area (TPSA) is 45.0 Å². The second-order valence-electron chi connectivity index (χ2n) is 4.16. The van der Waals surface area contributed by atoms with Crippen LogP contribution in [0.25, 0.3) is 0 Å². The molecule has 2 rings (SSSR count). The molecule has 0 bridgehead atoms. The van der Waals surface area contributed by atoms with Gasteiger partial charge in [-0.3, -0.25) is 0 Å². The van der Waals surface area contributed by atoms with E-state index in [1.54, 1.807) is 13.2 Å². The maximum Gasteiger partial charge on any atom is 0.143 e. The molecule has 2 aromatic carbocycles. The lowest BCUT2D eigenvalue weighted by Gasteiger charge is -2.12. The highest BCUT2D eigenvalue weighted by Gasteiger charge is 2.07. The van der Waals surface area contributed by atoms with Crippen molar-refractivity contribution in [1.29, 1.82) is 5.26 Å². The summed E-state index contributed by atoms with van der Waals surface area (Å²) in [4.78, 5) is 0. The van der Waals surface area contributed by atoms with Crippen molar-refractivity contribution in [3.05, 3.63) is 59.7 Å². The van der Waals surface area contributed by atoms with Crippen LogP contribution in [0, 0.1) is 11.3 Å². The van der Waals surface area contributed by atoms with Gasteiger partial charge in [0.1, 0.15) is 11.8 Å². The number of nitrogens with zero attached hydrogens (tertiary/aromatic N) is 1. The lowest BCUT2D eigenvalue weighted by Crippen LogP contribution is -2.07. The van der Waals surface area contributed by atoms with Crippen molar-refractivity contribution < 1.29 is 4.74 Å². The molecular weight excluding hydrogens is 236 g/mol. The predicted molar refractivity (Wildman–Crippen MR) is 76.3 cm³/mol. The molecule has 0 spiro atoms. The number of benzene rings is 2. The average Bonchev–Trinajstić information content (AvgIpc) is 2.48. The summed E-state index contributed by atoms with van der Waals surface area (Å²) in [5.41, 5.74) is 2.64. The Bertz CT molecular complexity index is 573. The number of methoxy groups -OCH3 is 1. The molecule has 1 N–H and O–H groups in total. The van der Waals surface area contributed by atoms with Crippen LogP contribution in [0.15, 0.2) is 48.5 Å². The largest absolute Gasteiger partial charge is 0.495 e. The molecule has 0 amide bonds. The van der Waals surface area contributed by atoms with Crippen LogP contribution in [-0.2, 0) is 6.42 Å². The average molecular weight is 252 g/mol. The summed E-state index contributed by atoms with van der Waals surface area (Å²) in [7, 11) is 1.61. The van der Waals surface area contributed by atoms with Gasteiger partial charge in [-0.1, -0.05) is 36.4 Å². The molecule has 19 heavy (non-hydrogen) atoms. The maximum absolute atomic E-state index is 9.11. The number of anilines is 1. The van der Waals surface area contributed by atoms with Gasteiger partial charge in [-0.15, -0.1) is 0 Å². The third-order valence-electron chi connectivity index (χ3n) is 2.92. The Labute approximate surface area is 113 Å². The van der Waals surface area contributed by atoms with Crippen molar-refractivity contribution in [2.75, 3.05) is 19.0 Å². The molecule has 0 radical (unpaired) electrons. The molecule has 0 saturated heterocycles. The van der Waals surface area contributed by atoms with Gasteiger partial charge in [0.15, 0.2) is 0 Å². The molecule has 0 saturated carbocycles. The van der Waals surface area contributed by atoms with E-state index in [-0.39, 0.29) is 0 Å². The first-order chi connectivity index (χ1) is 9.35. The number of ether oxygens (including phenoxy) is 1. The Morgan fingerprint density at radius 2 is 1.89 bits per heavy atom. The van der Waals surface area contributed by atoms with E-state index < -0.39 is 0 Å². The predicted octanol–water partition coefficient (Wildman–Crippen LogP) is 3.22. The quantitative estimate of drug-likeness (QED) is 0.888. The number of hydrogen-bond donors (Lipinski definition) is 1. The summed E-state index contributed by atoms with van der Waals surface area (Å²) in [5, 5.41) is 12.4. The fourth-order valence-electron chi connectivity index (χ4n) is 1.95. The standard InChI is InChI=1S/C16H16N2O/c1-19-15-9-5-8-14(12-17)16(15)18-11-10-13-6-3-2-4-7-13/h2-9,18H,10-11H2,1H3. The van der Waals surface area contributed by atoms with Gasteiger partial charge < -0.3 is 10.1 Å². The molecule has 0 atom stereocenters. The molecule has 0 aliphatic heterocycles.